The molecule has 1 atom stereocenters. The summed E-state index contributed by atoms with van der Waals surface area (Å²) in [5.74, 6) is 0.436. The smallest absolute Gasteiger partial charge is 0.0641 e. The maximum absolute atomic E-state index is 8.80. The summed E-state index contributed by atoms with van der Waals surface area (Å²) in [7, 11) is 0. The molecule has 0 rings (SSSR count). The van der Waals surface area contributed by atoms with Gasteiger partial charge in [-0.2, -0.15) is 0 Å². The summed E-state index contributed by atoms with van der Waals surface area (Å²) < 4.78 is 0. The Morgan fingerprint density at radius 3 is 2.50 bits per heavy atom. The zero-order chi connectivity index (χ0) is 9.56. The Hall–Kier alpha value is -0.560. The van der Waals surface area contributed by atoms with E-state index < -0.39 is 0 Å². The van der Waals surface area contributed by atoms with Crippen molar-refractivity contribution in [2.24, 2.45) is 5.92 Å². The van der Waals surface area contributed by atoms with Crippen molar-refractivity contribution < 1.29 is 5.11 Å². The summed E-state index contributed by atoms with van der Waals surface area (Å²) in [6.45, 7) is 10.2. The molecule has 0 amide bonds. The minimum Gasteiger partial charge on any atom is -0.392 e. The molecule has 0 aromatic carbocycles. The number of hydrogen-bond donors (Lipinski definition) is 1. The fraction of sp³-hybridized carbons (Fsp3) is 0.636. The van der Waals surface area contributed by atoms with Gasteiger partial charge in [0.15, 0.2) is 0 Å². The third-order valence-corrected chi connectivity index (χ3v) is 2.05. The topological polar surface area (TPSA) is 20.2 Å². The molecular weight excluding hydrogens is 148 g/mol. The van der Waals surface area contributed by atoms with Crippen molar-refractivity contribution in [3.05, 3.63) is 23.8 Å². The van der Waals surface area contributed by atoms with Gasteiger partial charge in [0.1, 0.15) is 0 Å². The molecule has 0 unspecified atom stereocenters. The summed E-state index contributed by atoms with van der Waals surface area (Å²) in [6.07, 6.45) is 4.40. The van der Waals surface area contributed by atoms with Gasteiger partial charge in [-0.15, -0.1) is 0 Å². The van der Waals surface area contributed by atoms with Gasteiger partial charge >= 0.3 is 0 Å². The van der Waals surface area contributed by atoms with E-state index in [-0.39, 0.29) is 6.61 Å². The molecule has 0 saturated heterocycles. The van der Waals surface area contributed by atoms with Gasteiger partial charge in [-0.05, 0) is 38.2 Å². The van der Waals surface area contributed by atoms with Crippen molar-refractivity contribution in [3.63, 3.8) is 0 Å². The molecule has 0 aliphatic carbocycles. The molecule has 0 radical (unpaired) electrons. The molecule has 0 aromatic heterocycles. The predicted molar refractivity (Wildman–Crippen MR) is 54.1 cm³/mol. The van der Waals surface area contributed by atoms with E-state index in [1.807, 2.05) is 0 Å². The van der Waals surface area contributed by atoms with Gasteiger partial charge < -0.3 is 5.11 Å². The summed E-state index contributed by atoms with van der Waals surface area (Å²) in [4.78, 5) is 0. The molecule has 1 N–H and O–H groups in total. The average Bonchev–Trinajstić information content (AvgIpc) is 2.02. The molecule has 1 heteroatoms. The summed E-state index contributed by atoms with van der Waals surface area (Å²) >= 11 is 0. The fourth-order valence-electron chi connectivity index (χ4n) is 0.982. The van der Waals surface area contributed by atoms with Crippen molar-refractivity contribution in [3.8, 4) is 0 Å². The number of rotatable bonds is 5. The lowest BCUT2D eigenvalue weighted by molar-refractivity contribution is 0.314. The van der Waals surface area contributed by atoms with Crippen LogP contribution >= 0.6 is 0 Å². The summed E-state index contributed by atoms with van der Waals surface area (Å²) in [5, 5.41) is 8.80. The molecule has 12 heavy (non-hydrogen) atoms. The van der Waals surface area contributed by atoms with Gasteiger partial charge in [0.2, 0.25) is 0 Å². The Morgan fingerprint density at radius 2 is 2.08 bits per heavy atom. The van der Waals surface area contributed by atoms with Gasteiger partial charge in [-0.25, -0.2) is 0 Å². The minimum absolute atomic E-state index is 0.121. The third kappa shape index (κ3) is 5.14. The highest BCUT2D eigenvalue weighted by atomic mass is 16.3. The normalized spacial score (nSPS) is 12.3. The van der Waals surface area contributed by atoms with Crippen molar-refractivity contribution in [2.45, 2.75) is 33.6 Å². The molecule has 0 aliphatic rings. The van der Waals surface area contributed by atoms with E-state index in [2.05, 4.69) is 33.4 Å². The quantitative estimate of drug-likeness (QED) is 0.626. The number of allylic oxidation sites excluding steroid dienone is 2. The second-order valence-corrected chi connectivity index (χ2v) is 3.58. The van der Waals surface area contributed by atoms with Crippen LogP contribution in [0.2, 0.25) is 0 Å². The highest BCUT2D eigenvalue weighted by Crippen LogP contribution is 2.14. The molecule has 0 bridgehead atoms. The zero-order valence-corrected chi connectivity index (χ0v) is 8.43. The highest BCUT2D eigenvalue weighted by molar-refractivity contribution is 5.00. The number of aliphatic hydroxyl groups is 1. The Bertz CT molecular complexity index is 164. The van der Waals surface area contributed by atoms with E-state index in [0.717, 1.165) is 18.4 Å². The second-order valence-electron chi connectivity index (χ2n) is 3.58. The van der Waals surface area contributed by atoms with Crippen LogP contribution in [0.15, 0.2) is 23.8 Å². The molecule has 0 spiro atoms. The van der Waals surface area contributed by atoms with Crippen LogP contribution in [0.3, 0.4) is 0 Å². The molecule has 1 nitrogen and oxygen atoms in total. The van der Waals surface area contributed by atoms with Crippen LogP contribution < -0.4 is 0 Å². The van der Waals surface area contributed by atoms with Crippen LogP contribution in [0.5, 0.6) is 0 Å². The van der Waals surface area contributed by atoms with Gasteiger partial charge in [0.05, 0.1) is 6.61 Å². The van der Waals surface area contributed by atoms with Crippen molar-refractivity contribution >= 4 is 0 Å². The van der Waals surface area contributed by atoms with Crippen LogP contribution in [-0.4, -0.2) is 11.7 Å². The average molecular weight is 168 g/mol. The van der Waals surface area contributed by atoms with Gasteiger partial charge in [0, 0.05) is 0 Å². The summed E-state index contributed by atoms with van der Waals surface area (Å²) in [5.41, 5.74) is 2.30. The van der Waals surface area contributed by atoms with Crippen LogP contribution in [0.4, 0.5) is 0 Å². The number of aliphatic hydroxyl groups excluding tert-OH is 1. The molecule has 0 aromatic rings. The van der Waals surface area contributed by atoms with E-state index in [4.69, 9.17) is 5.11 Å². The Labute approximate surface area is 75.8 Å². The van der Waals surface area contributed by atoms with Crippen LogP contribution in [0.1, 0.15) is 33.6 Å². The van der Waals surface area contributed by atoms with E-state index in [9.17, 15) is 0 Å². The lowest BCUT2D eigenvalue weighted by Gasteiger charge is -2.10. The zero-order valence-electron chi connectivity index (χ0n) is 8.43. The Morgan fingerprint density at radius 1 is 1.50 bits per heavy atom. The Kier molecular flexibility index (Phi) is 5.73. The van der Waals surface area contributed by atoms with Gasteiger partial charge in [-0.3, -0.25) is 0 Å². The molecule has 0 fully saturated rings. The van der Waals surface area contributed by atoms with E-state index >= 15 is 0 Å². The minimum atomic E-state index is 0.121. The fourth-order valence-corrected chi connectivity index (χ4v) is 0.982. The molecule has 0 saturated carbocycles. The second kappa shape index (κ2) is 6.01. The lowest BCUT2D eigenvalue weighted by Crippen LogP contribution is -2.01. The molecule has 0 aliphatic heterocycles. The first kappa shape index (κ1) is 11.4. The largest absolute Gasteiger partial charge is 0.392 e. The van der Waals surface area contributed by atoms with Gasteiger partial charge in [0.25, 0.3) is 0 Å². The van der Waals surface area contributed by atoms with E-state index in [1.54, 1.807) is 0 Å². The van der Waals surface area contributed by atoms with Crippen LogP contribution in [-0.2, 0) is 0 Å². The Balaban J connectivity index is 3.64. The number of hydrogen-bond acceptors (Lipinski definition) is 1. The van der Waals surface area contributed by atoms with Crippen molar-refractivity contribution in [2.75, 3.05) is 6.61 Å². The van der Waals surface area contributed by atoms with Crippen molar-refractivity contribution in [1.29, 1.82) is 0 Å². The maximum Gasteiger partial charge on any atom is 0.0641 e. The van der Waals surface area contributed by atoms with Crippen LogP contribution in [0, 0.1) is 5.92 Å². The lowest BCUT2D eigenvalue weighted by atomic mass is 9.97. The van der Waals surface area contributed by atoms with Crippen LogP contribution in [0.25, 0.3) is 0 Å². The van der Waals surface area contributed by atoms with Crippen molar-refractivity contribution in [1.82, 2.24) is 0 Å². The third-order valence-electron chi connectivity index (χ3n) is 2.05. The summed E-state index contributed by atoms with van der Waals surface area (Å²) in [6, 6.07) is 0. The van der Waals surface area contributed by atoms with E-state index in [1.165, 1.54) is 5.57 Å². The standard InChI is InChI=1S/C11H20O/c1-9(2)6-5-7-10(3)11(4)8-12/h6,10,12H,4-5,7-8H2,1-3H3/t10-/m1/s1. The first-order valence-corrected chi connectivity index (χ1v) is 4.49. The van der Waals surface area contributed by atoms with E-state index in [0.29, 0.717) is 5.92 Å². The maximum atomic E-state index is 8.80. The molecular formula is C11H20O. The molecule has 0 heterocycles. The SMILES string of the molecule is C=C(CO)[C@H](C)CCC=C(C)C. The monoisotopic (exact) mass is 168 g/mol. The van der Waals surface area contributed by atoms with Gasteiger partial charge in [-0.1, -0.05) is 25.2 Å². The first-order valence-electron chi connectivity index (χ1n) is 4.49. The predicted octanol–water partition coefficient (Wildman–Crippen LogP) is 2.92. The molecule has 70 valence electrons. The highest BCUT2D eigenvalue weighted by Gasteiger charge is 2.03. The first-order chi connectivity index (χ1) is 5.57.